The molecule has 0 spiro atoms. The molecule has 1 aliphatic rings. The summed E-state index contributed by atoms with van der Waals surface area (Å²) in [5, 5.41) is 3.31. The summed E-state index contributed by atoms with van der Waals surface area (Å²) in [6.07, 6.45) is 1.22. The third-order valence-electron chi connectivity index (χ3n) is 0.510. The number of hydrogen-bond acceptors (Lipinski definition) is 2. The second kappa shape index (κ2) is 1.08. The molecule has 3 heteroatoms. The molecule has 6 heavy (non-hydrogen) atoms. The number of carbonyl (C=O) groups excluding carboxylic acids is 1. The zero-order valence-corrected chi connectivity index (χ0v) is 3.09. The van der Waals surface area contributed by atoms with Crippen LogP contribution in [0.1, 0.15) is 0 Å². The van der Waals surface area contributed by atoms with Gasteiger partial charge in [0.1, 0.15) is 6.54 Å². The van der Waals surface area contributed by atoms with Gasteiger partial charge in [-0.1, -0.05) is 0 Å². The standard InChI is InChI=1S/C3H3N2O/c6-3-1-4-5-2-3/h1H,2H2. The van der Waals surface area contributed by atoms with Crippen LogP contribution in [0.3, 0.4) is 0 Å². The van der Waals surface area contributed by atoms with E-state index in [4.69, 9.17) is 0 Å². The van der Waals surface area contributed by atoms with Crippen molar-refractivity contribution in [2.45, 2.75) is 0 Å². The average Bonchev–Trinajstić information content (AvgIpc) is 1.86. The number of rotatable bonds is 0. The summed E-state index contributed by atoms with van der Waals surface area (Å²) >= 11 is 0. The Morgan fingerprint density at radius 2 is 2.67 bits per heavy atom. The van der Waals surface area contributed by atoms with Gasteiger partial charge in [-0.15, -0.1) is 0 Å². The van der Waals surface area contributed by atoms with E-state index in [1.54, 1.807) is 0 Å². The second-order valence-electron chi connectivity index (χ2n) is 1.01. The minimum Gasteiger partial charge on any atom is -0.291 e. The van der Waals surface area contributed by atoms with E-state index in [-0.39, 0.29) is 12.3 Å². The van der Waals surface area contributed by atoms with Crippen LogP contribution >= 0.6 is 0 Å². The molecule has 0 bridgehead atoms. The number of ketones is 1. The summed E-state index contributed by atoms with van der Waals surface area (Å²) < 4.78 is 0. The highest BCUT2D eigenvalue weighted by Gasteiger charge is 2.01. The van der Waals surface area contributed by atoms with Gasteiger partial charge in [-0.3, -0.25) is 4.79 Å². The summed E-state index contributed by atoms with van der Waals surface area (Å²) in [5.74, 6) is -0.00463. The van der Waals surface area contributed by atoms with Crippen molar-refractivity contribution in [1.29, 1.82) is 0 Å². The predicted octanol–water partition coefficient (Wildman–Crippen LogP) is -0.841. The lowest BCUT2D eigenvalue weighted by molar-refractivity contribution is -0.111. The number of hydrogen-bond donors (Lipinski definition) is 0. The van der Waals surface area contributed by atoms with Crippen molar-refractivity contribution in [1.82, 2.24) is 5.43 Å². The van der Waals surface area contributed by atoms with Crippen LogP contribution in [-0.4, -0.2) is 18.5 Å². The molecule has 1 rings (SSSR count). The van der Waals surface area contributed by atoms with E-state index in [1.165, 1.54) is 6.21 Å². The molecule has 3 nitrogen and oxygen atoms in total. The third-order valence-corrected chi connectivity index (χ3v) is 0.510. The molecule has 0 saturated heterocycles. The maximum Gasteiger partial charge on any atom is 0.198 e. The van der Waals surface area contributed by atoms with E-state index in [1.807, 2.05) is 0 Å². The Morgan fingerprint density at radius 1 is 1.83 bits per heavy atom. The van der Waals surface area contributed by atoms with E-state index in [2.05, 4.69) is 10.5 Å². The van der Waals surface area contributed by atoms with Gasteiger partial charge in [-0.05, 0) is 0 Å². The van der Waals surface area contributed by atoms with E-state index < -0.39 is 0 Å². The molecule has 0 unspecified atom stereocenters. The highest BCUT2D eigenvalue weighted by molar-refractivity contribution is 6.29. The smallest absolute Gasteiger partial charge is 0.198 e. The van der Waals surface area contributed by atoms with Crippen LogP contribution in [0.5, 0.6) is 0 Å². The Morgan fingerprint density at radius 3 is 2.83 bits per heavy atom. The van der Waals surface area contributed by atoms with Crippen LogP contribution in [0.25, 0.3) is 0 Å². The normalized spacial score (nSPS) is 18.3. The minimum absolute atomic E-state index is 0.00463. The van der Waals surface area contributed by atoms with Crippen molar-refractivity contribution in [2.75, 3.05) is 6.54 Å². The van der Waals surface area contributed by atoms with Gasteiger partial charge in [0.05, 0.1) is 6.21 Å². The topological polar surface area (TPSA) is 43.5 Å². The summed E-state index contributed by atoms with van der Waals surface area (Å²) in [7, 11) is 0. The summed E-state index contributed by atoms with van der Waals surface area (Å²) in [6, 6.07) is 0. The Balaban J connectivity index is 2.59. The van der Waals surface area contributed by atoms with E-state index in [0.717, 1.165) is 0 Å². The first-order valence-electron chi connectivity index (χ1n) is 1.62. The molecular formula is C3H3N2O. The van der Waals surface area contributed by atoms with Crippen LogP contribution in [-0.2, 0) is 4.79 Å². The molecule has 0 aromatic rings. The zero-order chi connectivity index (χ0) is 4.41. The first-order chi connectivity index (χ1) is 2.89. The van der Waals surface area contributed by atoms with Gasteiger partial charge in [-0.25, -0.2) is 0 Å². The fourth-order valence-corrected chi connectivity index (χ4v) is 0.257. The first-order valence-corrected chi connectivity index (χ1v) is 1.62. The van der Waals surface area contributed by atoms with Gasteiger partial charge in [0.2, 0.25) is 0 Å². The third kappa shape index (κ3) is 0.381. The Hall–Kier alpha value is -0.860. The van der Waals surface area contributed by atoms with Gasteiger partial charge in [0.15, 0.2) is 5.78 Å². The van der Waals surface area contributed by atoms with Crippen molar-refractivity contribution in [2.24, 2.45) is 5.10 Å². The SMILES string of the molecule is O=C1C=N[N]C1. The molecule has 1 radical (unpaired) electrons. The highest BCUT2D eigenvalue weighted by atomic mass is 16.1. The Bertz CT molecular complexity index is 97.0. The molecule has 0 aromatic heterocycles. The maximum absolute atomic E-state index is 10.0. The van der Waals surface area contributed by atoms with Crippen molar-refractivity contribution in [3.63, 3.8) is 0 Å². The Kier molecular flexibility index (Phi) is 0.602. The van der Waals surface area contributed by atoms with Gasteiger partial charge in [0.25, 0.3) is 0 Å². The van der Waals surface area contributed by atoms with Gasteiger partial charge in [0, 0.05) is 0 Å². The molecule has 0 aromatic carbocycles. The molecule has 0 amide bonds. The van der Waals surface area contributed by atoms with Crippen LogP contribution in [0.2, 0.25) is 0 Å². The lowest BCUT2D eigenvalue weighted by Crippen LogP contribution is -2.01. The Labute approximate surface area is 35.0 Å². The van der Waals surface area contributed by atoms with E-state index in [0.29, 0.717) is 0 Å². The fraction of sp³-hybridized carbons (Fsp3) is 0.333. The molecular weight excluding hydrogens is 80.0 g/mol. The molecule has 0 aliphatic carbocycles. The number of Topliss-reactive ketones (excluding diaryl/α,β-unsaturated/α-hetero) is 1. The summed E-state index contributed by atoms with van der Waals surface area (Å²) in [6.45, 7) is 0.250. The van der Waals surface area contributed by atoms with Crippen molar-refractivity contribution < 1.29 is 4.79 Å². The molecule has 0 fully saturated rings. The number of carbonyl (C=O) groups is 1. The summed E-state index contributed by atoms with van der Waals surface area (Å²) in [4.78, 5) is 10.0. The quantitative estimate of drug-likeness (QED) is 0.376. The summed E-state index contributed by atoms with van der Waals surface area (Å²) in [5.41, 5.74) is 3.38. The molecule has 1 aliphatic heterocycles. The molecule has 0 N–H and O–H groups in total. The van der Waals surface area contributed by atoms with Gasteiger partial charge in [-0.2, -0.15) is 10.5 Å². The minimum atomic E-state index is -0.00463. The van der Waals surface area contributed by atoms with Crippen molar-refractivity contribution in [3.8, 4) is 0 Å². The lowest BCUT2D eigenvalue weighted by Gasteiger charge is -1.70. The fourth-order valence-electron chi connectivity index (χ4n) is 0.257. The predicted molar refractivity (Wildman–Crippen MR) is 20.5 cm³/mol. The average molecular weight is 83.1 g/mol. The van der Waals surface area contributed by atoms with Crippen LogP contribution < -0.4 is 5.43 Å². The van der Waals surface area contributed by atoms with Gasteiger partial charge >= 0.3 is 0 Å². The molecule has 31 valence electrons. The highest BCUT2D eigenvalue weighted by Crippen LogP contribution is 1.74. The largest absolute Gasteiger partial charge is 0.291 e. The maximum atomic E-state index is 10.0. The molecule has 0 saturated carbocycles. The van der Waals surface area contributed by atoms with Crippen LogP contribution in [0.4, 0.5) is 0 Å². The monoisotopic (exact) mass is 83.0 g/mol. The van der Waals surface area contributed by atoms with E-state index >= 15 is 0 Å². The van der Waals surface area contributed by atoms with Gasteiger partial charge < -0.3 is 0 Å². The van der Waals surface area contributed by atoms with Crippen LogP contribution in [0.15, 0.2) is 5.10 Å². The molecule has 1 heterocycles. The van der Waals surface area contributed by atoms with Crippen molar-refractivity contribution >= 4 is 12.0 Å². The first kappa shape index (κ1) is 3.33. The second-order valence-corrected chi connectivity index (χ2v) is 1.01. The molecule has 0 atom stereocenters. The lowest BCUT2D eigenvalue weighted by atomic mass is 10.5. The number of nitrogens with zero attached hydrogens (tertiary/aromatic N) is 2. The van der Waals surface area contributed by atoms with Crippen LogP contribution in [0, 0.1) is 0 Å². The zero-order valence-electron chi connectivity index (χ0n) is 3.09. The van der Waals surface area contributed by atoms with E-state index in [9.17, 15) is 4.79 Å². The van der Waals surface area contributed by atoms with Crippen molar-refractivity contribution in [3.05, 3.63) is 0 Å².